The van der Waals surface area contributed by atoms with Crippen molar-refractivity contribution in [2.75, 3.05) is 7.11 Å². The van der Waals surface area contributed by atoms with Crippen LogP contribution in [0.1, 0.15) is 15.9 Å². The number of hydrogen-bond acceptors (Lipinski definition) is 5. The predicted octanol–water partition coefficient (Wildman–Crippen LogP) is 3.02. The highest BCUT2D eigenvalue weighted by Gasteiger charge is 2.12. The number of ether oxygens (including phenoxy) is 1. The zero-order valence-corrected chi connectivity index (χ0v) is 12.8. The molecule has 0 saturated carbocycles. The molecule has 1 N–H and O–H groups in total. The van der Waals surface area contributed by atoms with Gasteiger partial charge in [0.05, 0.1) is 23.8 Å². The number of rotatable bonds is 5. The summed E-state index contributed by atoms with van der Waals surface area (Å²) in [5.74, 6) is -0.111. The summed E-state index contributed by atoms with van der Waals surface area (Å²) in [6.45, 7) is 0. The van der Waals surface area contributed by atoms with Gasteiger partial charge in [-0.2, -0.15) is 5.10 Å². The Morgan fingerprint density at radius 3 is 2.61 bits per heavy atom. The Labute approximate surface area is 136 Å². The second-order valence-electron chi connectivity index (χ2n) is 4.39. The number of halogens is 1. The van der Waals surface area contributed by atoms with Crippen molar-refractivity contribution in [1.82, 2.24) is 5.43 Å². The van der Waals surface area contributed by atoms with Gasteiger partial charge in [-0.25, -0.2) is 5.43 Å². The molecule has 0 aromatic heterocycles. The van der Waals surface area contributed by atoms with Crippen LogP contribution in [-0.4, -0.2) is 24.2 Å². The lowest BCUT2D eigenvalue weighted by Gasteiger charge is -2.07. The summed E-state index contributed by atoms with van der Waals surface area (Å²) in [5.41, 5.74) is 3.18. The Bertz CT molecular complexity index is 760. The average Bonchev–Trinajstić information content (AvgIpc) is 2.55. The maximum Gasteiger partial charge on any atom is 0.275 e. The summed E-state index contributed by atoms with van der Waals surface area (Å²) >= 11 is 5.86. The third-order valence-electron chi connectivity index (χ3n) is 2.89. The van der Waals surface area contributed by atoms with Crippen LogP contribution < -0.4 is 10.2 Å². The summed E-state index contributed by atoms with van der Waals surface area (Å²) in [6.07, 6.45) is 1.37. The number of nitrogens with one attached hydrogen (secondary N) is 1. The lowest BCUT2D eigenvalue weighted by molar-refractivity contribution is -0.384. The summed E-state index contributed by atoms with van der Waals surface area (Å²) in [5, 5.41) is 14.8. The van der Waals surface area contributed by atoms with Crippen molar-refractivity contribution < 1.29 is 14.5 Å². The SMILES string of the molecule is COc1ccc(Cl)cc1C(=O)NN=Cc1ccc([N+](=O)[O-])cc1. The van der Waals surface area contributed by atoms with Gasteiger partial charge in [0.25, 0.3) is 11.6 Å². The Morgan fingerprint density at radius 1 is 1.30 bits per heavy atom. The van der Waals surface area contributed by atoms with Crippen molar-refractivity contribution in [2.45, 2.75) is 0 Å². The molecule has 1 amide bonds. The van der Waals surface area contributed by atoms with Crippen LogP contribution in [0, 0.1) is 10.1 Å². The van der Waals surface area contributed by atoms with Crippen LogP contribution in [0.15, 0.2) is 47.6 Å². The fraction of sp³-hybridized carbons (Fsp3) is 0.0667. The van der Waals surface area contributed by atoms with Crippen LogP contribution in [0.5, 0.6) is 5.75 Å². The third kappa shape index (κ3) is 4.27. The van der Waals surface area contributed by atoms with E-state index in [1.165, 1.54) is 43.7 Å². The number of nitrogens with zero attached hydrogens (tertiary/aromatic N) is 2. The number of carbonyl (C=O) groups is 1. The molecular weight excluding hydrogens is 322 g/mol. The number of amides is 1. The molecule has 23 heavy (non-hydrogen) atoms. The van der Waals surface area contributed by atoms with Crippen molar-refractivity contribution in [3.63, 3.8) is 0 Å². The Kier molecular flexibility index (Phi) is 5.27. The minimum absolute atomic E-state index is 0.0187. The minimum Gasteiger partial charge on any atom is -0.496 e. The van der Waals surface area contributed by atoms with Gasteiger partial charge < -0.3 is 4.74 Å². The van der Waals surface area contributed by atoms with Gasteiger partial charge in [0, 0.05) is 17.2 Å². The molecular formula is C15H12ClN3O4. The quantitative estimate of drug-likeness (QED) is 0.517. The summed E-state index contributed by atoms with van der Waals surface area (Å²) < 4.78 is 5.09. The maximum atomic E-state index is 12.1. The highest BCUT2D eigenvalue weighted by Crippen LogP contribution is 2.22. The van der Waals surface area contributed by atoms with Gasteiger partial charge in [-0.05, 0) is 35.9 Å². The zero-order valence-electron chi connectivity index (χ0n) is 12.0. The van der Waals surface area contributed by atoms with Crippen LogP contribution in [0.3, 0.4) is 0 Å². The van der Waals surface area contributed by atoms with E-state index in [0.717, 1.165) is 0 Å². The second kappa shape index (κ2) is 7.37. The summed E-state index contributed by atoms with van der Waals surface area (Å²) in [7, 11) is 1.44. The molecule has 0 heterocycles. The highest BCUT2D eigenvalue weighted by atomic mass is 35.5. The largest absolute Gasteiger partial charge is 0.496 e. The van der Waals surface area contributed by atoms with Gasteiger partial charge in [0.15, 0.2) is 0 Å². The number of hydrogen-bond donors (Lipinski definition) is 1. The van der Waals surface area contributed by atoms with Crippen LogP contribution in [-0.2, 0) is 0 Å². The Hall–Kier alpha value is -2.93. The summed E-state index contributed by atoms with van der Waals surface area (Å²) in [4.78, 5) is 22.1. The molecule has 2 rings (SSSR count). The number of nitro groups is 1. The van der Waals surface area contributed by atoms with E-state index in [1.54, 1.807) is 12.1 Å². The number of hydrazone groups is 1. The topological polar surface area (TPSA) is 93.8 Å². The van der Waals surface area contributed by atoms with Gasteiger partial charge in [-0.1, -0.05) is 11.6 Å². The molecule has 0 aliphatic carbocycles. The van der Waals surface area contributed by atoms with Crippen molar-refractivity contribution in [1.29, 1.82) is 0 Å². The van der Waals surface area contributed by atoms with E-state index in [0.29, 0.717) is 16.3 Å². The first kappa shape index (κ1) is 16.4. The van der Waals surface area contributed by atoms with Crippen molar-refractivity contribution in [3.05, 3.63) is 68.7 Å². The standard InChI is InChI=1S/C15H12ClN3O4/c1-23-14-7-4-11(16)8-13(14)15(20)18-17-9-10-2-5-12(6-3-10)19(21)22/h2-9H,1H3,(H,18,20). The predicted molar refractivity (Wildman–Crippen MR) is 86.2 cm³/mol. The molecule has 0 unspecified atom stereocenters. The number of nitro benzene ring substituents is 1. The van der Waals surface area contributed by atoms with E-state index in [2.05, 4.69) is 10.5 Å². The molecule has 118 valence electrons. The first-order chi connectivity index (χ1) is 11.0. The van der Waals surface area contributed by atoms with Crippen LogP contribution in [0.2, 0.25) is 5.02 Å². The molecule has 8 heteroatoms. The molecule has 0 atom stereocenters. The lowest BCUT2D eigenvalue weighted by atomic mass is 10.2. The average molecular weight is 334 g/mol. The van der Waals surface area contributed by atoms with Crippen molar-refractivity contribution in [2.24, 2.45) is 5.10 Å². The van der Waals surface area contributed by atoms with E-state index in [-0.39, 0.29) is 11.3 Å². The molecule has 0 fully saturated rings. The first-order valence-electron chi connectivity index (χ1n) is 6.42. The van der Waals surface area contributed by atoms with E-state index in [1.807, 2.05) is 0 Å². The Balaban J connectivity index is 2.06. The van der Waals surface area contributed by atoms with E-state index in [4.69, 9.17) is 16.3 Å². The fourth-order valence-corrected chi connectivity index (χ4v) is 1.94. The number of methoxy groups -OCH3 is 1. The number of benzene rings is 2. The smallest absolute Gasteiger partial charge is 0.275 e. The molecule has 0 radical (unpaired) electrons. The molecule has 0 bridgehead atoms. The van der Waals surface area contributed by atoms with Crippen LogP contribution in [0.25, 0.3) is 0 Å². The third-order valence-corrected chi connectivity index (χ3v) is 3.12. The lowest BCUT2D eigenvalue weighted by Crippen LogP contribution is -2.18. The monoisotopic (exact) mass is 333 g/mol. The molecule has 0 spiro atoms. The number of carbonyl (C=O) groups excluding carboxylic acids is 1. The van der Waals surface area contributed by atoms with Gasteiger partial charge >= 0.3 is 0 Å². The molecule has 0 saturated heterocycles. The maximum absolute atomic E-state index is 12.1. The first-order valence-corrected chi connectivity index (χ1v) is 6.80. The van der Waals surface area contributed by atoms with Gasteiger partial charge in [-0.15, -0.1) is 0 Å². The van der Waals surface area contributed by atoms with Crippen molar-refractivity contribution in [3.8, 4) is 5.75 Å². The van der Waals surface area contributed by atoms with E-state index >= 15 is 0 Å². The molecule has 0 aliphatic heterocycles. The Morgan fingerprint density at radius 2 is 2.00 bits per heavy atom. The van der Waals surface area contributed by atoms with Gasteiger partial charge in [-0.3, -0.25) is 14.9 Å². The van der Waals surface area contributed by atoms with Gasteiger partial charge in [0.1, 0.15) is 5.75 Å². The van der Waals surface area contributed by atoms with Crippen molar-refractivity contribution >= 4 is 29.4 Å². The normalized spacial score (nSPS) is 10.5. The molecule has 2 aromatic carbocycles. The number of non-ortho nitro benzene ring substituents is 1. The van der Waals surface area contributed by atoms with Crippen LogP contribution >= 0.6 is 11.6 Å². The highest BCUT2D eigenvalue weighted by molar-refractivity contribution is 6.31. The van der Waals surface area contributed by atoms with Crippen LogP contribution in [0.4, 0.5) is 5.69 Å². The second-order valence-corrected chi connectivity index (χ2v) is 4.83. The fourth-order valence-electron chi connectivity index (χ4n) is 1.77. The summed E-state index contributed by atoms with van der Waals surface area (Å²) in [6, 6.07) is 10.4. The van der Waals surface area contributed by atoms with E-state index in [9.17, 15) is 14.9 Å². The van der Waals surface area contributed by atoms with E-state index < -0.39 is 10.8 Å². The minimum atomic E-state index is -0.492. The van der Waals surface area contributed by atoms with Gasteiger partial charge in [0.2, 0.25) is 0 Å². The molecule has 0 aliphatic rings. The molecule has 7 nitrogen and oxygen atoms in total. The molecule has 2 aromatic rings. The zero-order chi connectivity index (χ0) is 16.8.